The summed E-state index contributed by atoms with van der Waals surface area (Å²) in [7, 11) is 3.31. The van der Waals surface area contributed by atoms with Gasteiger partial charge in [-0.25, -0.2) is 0 Å². The lowest BCUT2D eigenvalue weighted by atomic mass is 9.95. The maximum absolute atomic E-state index is 10.5. The van der Waals surface area contributed by atoms with Crippen molar-refractivity contribution in [3.8, 4) is 11.5 Å². The number of ether oxygens (including phenoxy) is 2. The molecule has 0 amide bonds. The van der Waals surface area contributed by atoms with Gasteiger partial charge in [0, 0.05) is 6.42 Å². The summed E-state index contributed by atoms with van der Waals surface area (Å²) in [5.41, 5.74) is 4.06. The first-order valence-electron chi connectivity index (χ1n) is 7.01. The molecule has 2 aromatic carbocycles. The first-order chi connectivity index (χ1) is 10.0. The van der Waals surface area contributed by atoms with Crippen molar-refractivity contribution in [2.45, 2.75) is 26.4 Å². The Morgan fingerprint density at radius 1 is 1.00 bits per heavy atom. The number of aryl methyl sites for hydroxylation is 2. The van der Waals surface area contributed by atoms with Crippen molar-refractivity contribution in [1.29, 1.82) is 0 Å². The number of hydrogen-bond acceptors (Lipinski definition) is 3. The minimum Gasteiger partial charge on any atom is -0.497 e. The highest BCUT2D eigenvalue weighted by atomic mass is 16.5. The summed E-state index contributed by atoms with van der Waals surface area (Å²) in [6.45, 7) is 3.98. The van der Waals surface area contributed by atoms with Crippen LogP contribution in [0.25, 0.3) is 0 Å². The van der Waals surface area contributed by atoms with E-state index in [1.807, 2.05) is 50.2 Å². The molecule has 0 bridgehead atoms. The average Bonchev–Trinajstić information content (AvgIpc) is 2.49. The molecule has 21 heavy (non-hydrogen) atoms. The van der Waals surface area contributed by atoms with Gasteiger partial charge in [-0.05, 0) is 60.4 Å². The van der Waals surface area contributed by atoms with Crippen LogP contribution in [-0.4, -0.2) is 19.3 Å². The summed E-state index contributed by atoms with van der Waals surface area (Å²) in [5, 5.41) is 10.5. The predicted octanol–water partition coefficient (Wildman–Crippen LogP) is 3.60. The van der Waals surface area contributed by atoms with Gasteiger partial charge in [-0.1, -0.05) is 12.1 Å². The summed E-state index contributed by atoms with van der Waals surface area (Å²) >= 11 is 0. The van der Waals surface area contributed by atoms with Crippen LogP contribution in [0, 0.1) is 13.8 Å². The summed E-state index contributed by atoms with van der Waals surface area (Å²) < 4.78 is 10.5. The number of aliphatic hydroxyl groups is 1. The molecule has 0 fully saturated rings. The van der Waals surface area contributed by atoms with E-state index in [9.17, 15) is 5.11 Å². The van der Waals surface area contributed by atoms with Gasteiger partial charge in [0.15, 0.2) is 0 Å². The minimum atomic E-state index is -0.540. The second-order valence-corrected chi connectivity index (χ2v) is 5.25. The van der Waals surface area contributed by atoms with Crippen LogP contribution in [0.2, 0.25) is 0 Å². The van der Waals surface area contributed by atoms with Crippen LogP contribution in [0.15, 0.2) is 36.4 Å². The average molecular weight is 286 g/mol. The fourth-order valence-corrected chi connectivity index (χ4v) is 2.52. The van der Waals surface area contributed by atoms with Crippen molar-refractivity contribution in [1.82, 2.24) is 0 Å². The zero-order valence-corrected chi connectivity index (χ0v) is 13.0. The fraction of sp³-hybridized carbons (Fsp3) is 0.333. The molecule has 0 heterocycles. The number of rotatable bonds is 5. The fourth-order valence-electron chi connectivity index (χ4n) is 2.52. The van der Waals surface area contributed by atoms with E-state index in [1.54, 1.807) is 14.2 Å². The van der Waals surface area contributed by atoms with Crippen molar-refractivity contribution in [2.24, 2.45) is 0 Å². The van der Waals surface area contributed by atoms with Crippen molar-refractivity contribution < 1.29 is 14.6 Å². The van der Waals surface area contributed by atoms with Gasteiger partial charge in [0.05, 0.1) is 20.3 Å². The van der Waals surface area contributed by atoms with Crippen molar-refractivity contribution in [3.05, 3.63) is 58.7 Å². The van der Waals surface area contributed by atoms with Gasteiger partial charge >= 0.3 is 0 Å². The van der Waals surface area contributed by atoms with Crippen LogP contribution in [0.1, 0.15) is 28.4 Å². The molecule has 1 N–H and O–H groups in total. The van der Waals surface area contributed by atoms with Gasteiger partial charge in [0.2, 0.25) is 0 Å². The van der Waals surface area contributed by atoms with E-state index in [4.69, 9.17) is 9.47 Å². The molecule has 0 aliphatic rings. The molecule has 0 radical (unpaired) electrons. The molecule has 1 unspecified atom stereocenters. The Bertz CT molecular complexity index is 620. The maximum Gasteiger partial charge on any atom is 0.122 e. The Morgan fingerprint density at radius 3 is 2.43 bits per heavy atom. The number of benzene rings is 2. The molecule has 0 aromatic heterocycles. The topological polar surface area (TPSA) is 38.7 Å². The number of hydrogen-bond donors (Lipinski definition) is 1. The highest BCUT2D eigenvalue weighted by molar-refractivity contribution is 5.43. The normalized spacial score (nSPS) is 12.0. The van der Waals surface area contributed by atoms with Crippen molar-refractivity contribution in [3.63, 3.8) is 0 Å². The van der Waals surface area contributed by atoms with Gasteiger partial charge in [0.25, 0.3) is 0 Å². The van der Waals surface area contributed by atoms with Crippen LogP contribution in [0.5, 0.6) is 11.5 Å². The van der Waals surface area contributed by atoms with E-state index in [1.165, 1.54) is 0 Å². The van der Waals surface area contributed by atoms with Gasteiger partial charge in [-0.15, -0.1) is 0 Å². The molecule has 2 aromatic rings. The molecular formula is C18H22O3. The first kappa shape index (κ1) is 15.4. The lowest BCUT2D eigenvalue weighted by molar-refractivity contribution is 0.177. The Kier molecular flexibility index (Phi) is 4.86. The highest BCUT2D eigenvalue weighted by Crippen LogP contribution is 2.29. The van der Waals surface area contributed by atoms with E-state index in [0.717, 1.165) is 33.8 Å². The monoisotopic (exact) mass is 286 g/mol. The molecule has 3 nitrogen and oxygen atoms in total. The maximum atomic E-state index is 10.5. The van der Waals surface area contributed by atoms with Crippen LogP contribution in [0.3, 0.4) is 0 Å². The molecule has 0 aliphatic carbocycles. The van der Waals surface area contributed by atoms with Gasteiger partial charge in [-0.3, -0.25) is 0 Å². The lowest BCUT2D eigenvalue weighted by Crippen LogP contribution is -2.05. The van der Waals surface area contributed by atoms with Crippen molar-refractivity contribution in [2.75, 3.05) is 14.2 Å². The number of methoxy groups -OCH3 is 2. The van der Waals surface area contributed by atoms with Crippen LogP contribution >= 0.6 is 0 Å². The largest absolute Gasteiger partial charge is 0.497 e. The summed E-state index contributed by atoms with van der Waals surface area (Å²) in [5.74, 6) is 1.66. The molecule has 1 atom stereocenters. The van der Waals surface area contributed by atoms with E-state index >= 15 is 0 Å². The third-order valence-electron chi connectivity index (χ3n) is 3.71. The zero-order chi connectivity index (χ0) is 15.4. The minimum absolute atomic E-state index is 0.540. The second kappa shape index (κ2) is 6.64. The lowest BCUT2D eigenvalue weighted by Gasteiger charge is -2.17. The van der Waals surface area contributed by atoms with E-state index in [-0.39, 0.29) is 0 Å². The van der Waals surface area contributed by atoms with Crippen LogP contribution in [-0.2, 0) is 6.42 Å². The smallest absolute Gasteiger partial charge is 0.122 e. The zero-order valence-electron chi connectivity index (χ0n) is 13.0. The predicted molar refractivity (Wildman–Crippen MR) is 84.1 cm³/mol. The Hall–Kier alpha value is -2.00. The van der Waals surface area contributed by atoms with Crippen molar-refractivity contribution >= 4 is 0 Å². The Labute approximate surface area is 126 Å². The quantitative estimate of drug-likeness (QED) is 0.912. The molecular weight excluding hydrogens is 264 g/mol. The van der Waals surface area contributed by atoms with E-state index in [2.05, 4.69) is 0 Å². The standard InChI is InChI=1S/C18H22O3/c1-12-9-18(21-4)13(2)8-16(12)17(19)11-14-6-5-7-15(10-14)20-3/h5-10,17,19H,11H2,1-4H3. The molecule has 2 rings (SSSR count). The molecule has 0 spiro atoms. The SMILES string of the molecule is COc1cccc(CC(O)c2cc(C)c(OC)cc2C)c1. The second-order valence-electron chi connectivity index (χ2n) is 5.25. The summed E-state index contributed by atoms with van der Waals surface area (Å²) in [6, 6.07) is 11.8. The molecule has 3 heteroatoms. The summed E-state index contributed by atoms with van der Waals surface area (Å²) in [6.07, 6.45) is 0.0193. The Balaban J connectivity index is 2.23. The Morgan fingerprint density at radius 2 is 1.76 bits per heavy atom. The molecule has 0 aliphatic heterocycles. The third-order valence-corrected chi connectivity index (χ3v) is 3.71. The van der Waals surface area contributed by atoms with Gasteiger partial charge < -0.3 is 14.6 Å². The van der Waals surface area contributed by atoms with E-state index in [0.29, 0.717) is 6.42 Å². The molecule has 0 saturated heterocycles. The third kappa shape index (κ3) is 3.56. The van der Waals surface area contributed by atoms with Gasteiger partial charge in [0.1, 0.15) is 11.5 Å². The number of aliphatic hydroxyl groups excluding tert-OH is 1. The van der Waals surface area contributed by atoms with Gasteiger partial charge in [-0.2, -0.15) is 0 Å². The highest BCUT2D eigenvalue weighted by Gasteiger charge is 2.14. The van der Waals surface area contributed by atoms with Crippen LogP contribution in [0.4, 0.5) is 0 Å². The first-order valence-corrected chi connectivity index (χ1v) is 7.01. The molecule has 0 saturated carbocycles. The van der Waals surface area contributed by atoms with Crippen LogP contribution < -0.4 is 9.47 Å². The summed E-state index contributed by atoms with van der Waals surface area (Å²) in [4.78, 5) is 0. The molecule has 112 valence electrons. The van der Waals surface area contributed by atoms with E-state index < -0.39 is 6.10 Å².